The number of carboxylic acids is 2. The average Bonchev–Trinajstić information content (AvgIpc) is 2.29. The molecule has 0 unspecified atom stereocenters. The summed E-state index contributed by atoms with van der Waals surface area (Å²) in [6.45, 7) is 8.84. The second kappa shape index (κ2) is 11.4. The van der Waals surface area contributed by atoms with Crippen LogP contribution in [-0.2, 0) is 19.1 Å². The lowest BCUT2D eigenvalue weighted by Gasteiger charge is -1.97. The van der Waals surface area contributed by atoms with Crippen LogP contribution < -0.4 is 0 Å². The third-order valence-corrected chi connectivity index (χ3v) is 1.58. The predicted molar refractivity (Wildman–Crippen MR) is 65.1 cm³/mol. The Kier molecular flexibility index (Phi) is 11.5. The summed E-state index contributed by atoms with van der Waals surface area (Å²) in [5.41, 5.74) is -0.303. The summed E-state index contributed by atoms with van der Waals surface area (Å²) in [6, 6.07) is 0. The molecule has 0 saturated heterocycles. The number of rotatable bonds is 7. The van der Waals surface area contributed by atoms with E-state index in [2.05, 4.69) is 17.9 Å². The molecule has 102 valence electrons. The smallest absolute Gasteiger partial charge is 0.331 e. The lowest BCUT2D eigenvalue weighted by Crippen LogP contribution is -2.04. The fraction of sp³-hybridized carbons (Fsp3) is 0.417. The first-order valence-electron chi connectivity index (χ1n) is 5.27. The van der Waals surface area contributed by atoms with E-state index in [1.54, 1.807) is 0 Å². The number of ether oxygens (including phenoxy) is 1. The first-order valence-corrected chi connectivity index (χ1v) is 5.27. The van der Waals surface area contributed by atoms with E-state index >= 15 is 0 Å². The zero-order valence-electron chi connectivity index (χ0n) is 10.3. The number of carbonyl (C=O) groups is 3. The molecule has 0 heterocycles. The topological polar surface area (TPSA) is 101 Å². The fourth-order valence-electron chi connectivity index (χ4n) is 0.634. The molecule has 18 heavy (non-hydrogen) atoms. The number of hydrogen-bond acceptors (Lipinski definition) is 4. The van der Waals surface area contributed by atoms with Gasteiger partial charge in [-0.1, -0.05) is 26.5 Å². The van der Waals surface area contributed by atoms with Crippen molar-refractivity contribution < 1.29 is 29.3 Å². The van der Waals surface area contributed by atoms with Crippen molar-refractivity contribution in [2.24, 2.45) is 0 Å². The molecule has 0 aliphatic heterocycles. The Balaban J connectivity index is 0. The molecular formula is C12H18O6. The molecule has 0 radical (unpaired) electrons. The third-order valence-electron chi connectivity index (χ3n) is 1.58. The van der Waals surface area contributed by atoms with E-state index in [1.807, 2.05) is 6.92 Å². The first-order chi connectivity index (χ1) is 8.34. The molecular weight excluding hydrogens is 240 g/mol. The summed E-state index contributed by atoms with van der Waals surface area (Å²) >= 11 is 0. The molecule has 0 bridgehead atoms. The van der Waals surface area contributed by atoms with Crippen molar-refractivity contribution in [2.75, 3.05) is 6.61 Å². The Hall–Kier alpha value is -2.11. The molecule has 0 fully saturated rings. The van der Waals surface area contributed by atoms with Gasteiger partial charge in [0, 0.05) is 11.6 Å². The molecule has 0 saturated carbocycles. The Morgan fingerprint density at radius 2 is 1.83 bits per heavy atom. The van der Waals surface area contributed by atoms with Crippen LogP contribution in [-0.4, -0.2) is 34.7 Å². The Morgan fingerprint density at radius 1 is 1.28 bits per heavy atom. The molecule has 6 nitrogen and oxygen atoms in total. The van der Waals surface area contributed by atoms with E-state index in [1.165, 1.54) is 6.08 Å². The van der Waals surface area contributed by atoms with Gasteiger partial charge in [-0.2, -0.15) is 0 Å². The maximum Gasteiger partial charge on any atom is 0.331 e. The Bertz CT molecular complexity index is 319. The largest absolute Gasteiger partial charge is 0.481 e. The molecule has 0 aromatic rings. The van der Waals surface area contributed by atoms with E-state index < -0.39 is 18.4 Å². The number of unbranched alkanes of at least 4 members (excludes halogenated alkanes) is 1. The first kappa shape index (κ1) is 18.3. The van der Waals surface area contributed by atoms with Gasteiger partial charge in [-0.15, -0.1) is 0 Å². The molecule has 0 spiro atoms. The quantitative estimate of drug-likeness (QED) is 0.409. The lowest BCUT2D eigenvalue weighted by molar-refractivity contribution is -0.139. The van der Waals surface area contributed by atoms with Crippen LogP contribution in [0.1, 0.15) is 26.2 Å². The molecule has 0 aliphatic rings. The number of carboxylic acid groups (broad SMARTS) is 2. The Morgan fingerprint density at radius 3 is 2.11 bits per heavy atom. The predicted octanol–water partition coefficient (Wildman–Crippen LogP) is 1.62. The highest BCUT2D eigenvalue weighted by Gasteiger charge is 2.07. The van der Waals surface area contributed by atoms with E-state index in [-0.39, 0.29) is 11.5 Å². The van der Waals surface area contributed by atoms with Gasteiger partial charge in [0.25, 0.3) is 0 Å². The van der Waals surface area contributed by atoms with Gasteiger partial charge in [-0.25, -0.2) is 9.59 Å². The summed E-state index contributed by atoms with van der Waals surface area (Å²) in [4.78, 5) is 30.0. The molecule has 6 heteroatoms. The number of aliphatic carboxylic acids is 2. The molecule has 0 amide bonds. The molecule has 0 aliphatic carbocycles. The van der Waals surface area contributed by atoms with Crippen molar-refractivity contribution in [3.63, 3.8) is 0 Å². The van der Waals surface area contributed by atoms with Crippen LogP contribution in [0.15, 0.2) is 24.8 Å². The van der Waals surface area contributed by atoms with E-state index in [0.717, 1.165) is 12.8 Å². The summed E-state index contributed by atoms with van der Waals surface area (Å²) in [5.74, 6) is -2.77. The SMILES string of the molecule is C=C(CC(=O)O)C(=O)O.C=CC(=O)OCCCC. The highest BCUT2D eigenvalue weighted by molar-refractivity contribution is 5.91. The van der Waals surface area contributed by atoms with Crippen molar-refractivity contribution in [1.29, 1.82) is 0 Å². The highest BCUT2D eigenvalue weighted by Crippen LogP contribution is 1.95. The van der Waals surface area contributed by atoms with Gasteiger partial charge >= 0.3 is 17.9 Å². The van der Waals surface area contributed by atoms with Gasteiger partial charge in [0.05, 0.1) is 13.0 Å². The van der Waals surface area contributed by atoms with Crippen LogP contribution in [0, 0.1) is 0 Å². The normalized spacial score (nSPS) is 8.50. The second-order valence-electron chi connectivity index (χ2n) is 3.20. The Labute approximate surface area is 106 Å². The molecule has 0 rings (SSSR count). The van der Waals surface area contributed by atoms with E-state index in [0.29, 0.717) is 6.61 Å². The monoisotopic (exact) mass is 258 g/mol. The number of hydrogen-bond donors (Lipinski definition) is 2. The van der Waals surface area contributed by atoms with Gasteiger partial charge in [-0.05, 0) is 6.42 Å². The van der Waals surface area contributed by atoms with Gasteiger partial charge < -0.3 is 14.9 Å². The minimum absolute atomic E-state index is 0.303. The highest BCUT2D eigenvalue weighted by atomic mass is 16.5. The maximum absolute atomic E-state index is 10.3. The van der Waals surface area contributed by atoms with Gasteiger partial charge in [0.2, 0.25) is 0 Å². The van der Waals surface area contributed by atoms with Crippen LogP contribution in [0.25, 0.3) is 0 Å². The van der Waals surface area contributed by atoms with Crippen molar-refractivity contribution in [2.45, 2.75) is 26.2 Å². The standard InChI is InChI=1S/C7H12O2.C5H6O4/c1-3-5-6-9-7(8)4-2;1-3(5(8)9)2-4(6)7/h4H,2-3,5-6H2,1H3;1-2H2,(H,6,7)(H,8,9). The van der Waals surface area contributed by atoms with Gasteiger partial charge in [-0.3, -0.25) is 4.79 Å². The zero-order chi connectivity index (χ0) is 14.6. The summed E-state index contributed by atoms with van der Waals surface area (Å²) in [6.07, 6.45) is 2.65. The van der Waals surface area contributed by atoms with Crippen molar-refractivity contribution in [1.82, 2.24) is 0 Å². The molecule has 0 atom stereocenters. The second-order valence-corrected chi connectivity index (χ2v) is 3.20. The fourth-order valence-corrected chi connectivity index (χ4v) is 0.634. The van der Waals surface area contributed by atoms with Crippen LogP contribution in [0.2, 0.25) is 0 Å². The van der Waals surface area contributed by atoms with Crippen molar-refractivity contribution in [3.8, 4) is 0 Å². The minimum Gasteiger partial charge on any atom is -0.481 e. The van der Waals surface area contributed by atoms with E-state index in [9.17, 15) is 14.4 Å². The summed E-state index contributed by atoms with van der Waals surface area (Å²) < 4.78 is 4.67. The van der Waals surface area contributed by atoms with Gasteiger partial charge in [0.1, 0.15) is 0 Å². The van der Waals surface area contributed by atoms with Crippen LogP contribution in [0.3, 0.4) is 0 Å². The number of esters is 1. The summed E-state index contributed by atoms with van der Waals surface area (Å²) in [5, 5.41) is 16.1. The third kappa shape index (κ3) is 13.9. The van der Waals surface area contributed by atoms with Gasteiger partial charge in [0.15, 0.2) is 0 Å². The lowest BCUT2D eigenvalue weighted by atomic mass is 10.2. The van der Waals surface area contributed by atoms with E-state index in [4.69, 9.17) is 10.2 Å². The number of carbonyl (C=O) groups excluding carboxylic acids is 1. The minimum atomic E-state index is -1.27. The van der Waals surface area contributed by atoms with Crippen molar-refractivity contribution >= 4 is 17.9 Å². The molecule has 2 N–H and O–H groups in total. The summed E-state index contributed by atoms with van der Waals surface area (Å²) in [7, 11) is 0. The van der Waals surface area contributed by atoms with Crippen molar-refractivity contribution in [3.05, 3.63) is 24.8 Å². The molecule has 0 aromatic carbocycles. The zero-order valence-corrected chi connectivity index (χ0v) is 10.3. The maximum atomic E-state index is 10.3. The molecule has 0 aromatic heterocycles. The van der Waals surface area contributed by atoms with Crippen LogP contribution >= 0.6 is 0 Å². The van der Waals surface area contributed by atoms with Crippen LogP contribution in [0.4, 0.5) is 0 Å². The average molecular weight is 258 g/mol. The van der Waals surface area contributed by atoms with Crippen LogP contribution in [0.5, 0.6) is 0 Å².